The SMILES string of the molecule is COC(=O)c1ccc(OCC2c3cc(OC)c(OC)cc3CCN2C(=O)c2ccc(S(=O)(=O)N3CCCC3)cc2)cc1. The molecule has 0 aliphatic carbocycles. The van der Waals surface area contributed by atoms with Gasteiger partial charge in [0.2, 0.25) is 10.0 Å². The summed E-state index contributed by atoms with van der Waals surface area (Å²) in [6.07, 6.45) is 2.29. The third-order valence-corrected chi connectivity index (χ3v) is 9.66. The Bertz CT molecular complexity index is 1550. The summed E-state index contributed by atoms with van der Waals surface area (Å²) in [6, 6.07) is 16.0. The van der Waals surface area contributed by atoms with Crippen molar-refractivity contribution >= 4 is 21.9 Å². The lowest BCUT2D eigenvalue weighted by Crippen LogP contribution is -2.42. The fourth-order valence-corrected chi connectivity index (χ4v) is 6.96. The number of fused-ring (bicyclic) bond motifs is 1. The van der Waals surface area contributed by atoms with Crippen molar-refractivity contribution in [2.24, 2.45) is 0 Å². The zero-order valence-electron chi connectivity index (χ0n) is 23.9. The van der Waals surface area contributed by atoms with Gasteiger partial charge in [-0.15, -0.1) is 0 Å². The lowest BCUT2D eigenvalue weighted by molar-refractivity contribution is 0.0582. The molecule has 2 aliphatic rings. The number of carbonyl (C=O) groups is 2. The van der Waals surface area contributed by atoms with E-state index in [1.807, 2.05) is 12.1 Å². The lowest BCUT2D eigenvalue weighted by Gasteiger charge is -2.37. The summed E-state index contributed by atoms with van der Waals surface area (Å²) in [5.41, 5.74) is 2.66. The van der Waals surface area contributed by atoms with E-state index in [-0.39, 0.29) is 17.4 Å². The molecule has 0 N–H and O–H groups in total. The maximum Gasteiger partial charge on any atom is 0.337 e. The molecule has 0 aromatic heterocycles. The average molecular weight is 595 g/mol. The number of benzene rings is 3. The molecule has 1 fully saturated rings. The Balaban J connectivity index is 1.43. The number of methoxy groups -OCH3 is 3. The number of esters is 1. The Morgan fingerprint density at radius 1 is 0.833 bits per heavy atom. The van der Waals surface area contributed by atoms with Crippen LogP contribution >= 0.6 is 0 Å². The van der Waals surface area contributed by atoms with Gasteiger partial charge in [0.15, 0.2) is 11.5 Å². The molecule has 0 radical (unpaired) electrons. The standard InChI is InChI=1S/C31H34N2O8S/c1-38-28-18-23-14-17-33(30(34)21-8-12-25(13-9-21)42(36,37)32-15-4-5-16-32)27(26(23)19-29(28)39-2)20-41-24-10-6-22(7-11-24)31(35)40-3/h6-13,18-19,27H,4-5,14-17,20H2,1-3H3. The fraction of sp³-hybridized carbons (Fsp3) is 0.355. The first-order valence-electron chi connectivity index (χ1n) is 13.7. The molecule has 2 heterocycles. The second-order valence-corrected chi connectivity index (χ2v) is 12.1. The van der Waals surface area contributed by atoms with E-state index in [0.29, 0.717) is 54.4 Å². The van der Waals surface area contributed by atoms with Crippen molar-refractivity contribution in [3.05, 3.63) is 82.9 Å². The van der Waals surface area contributed by atoms with Gasteiger partial charge < -0.3 is 23.8 Å². The van der Waals surface area contributed by atoms with Crippen LogP contribution in [0.1, 0.15) is 50.7 Å². The van der Waals surface area contributed by atoms with Crippen molar-refractivity contribution in [3.8, 4) is 17.2 Å². The molecule has 0 spiro atoms. The van der Waals surface area contributed by atoms with Crippen LogP contribution in [0.4, 0.5) is 0 Å². The molecule has 1 amide bonds. The Labute approximate surface area is 245 Å². The second-order valence-electron chi connectivity index (χ2n) is 10.1. The molecular formula is C31H34N2O8S. The maximum absolute atomic E-state index is 13.9. The van der Waals surface area contributed by atoms with E-state index in [4.69, 9.17) is 18.9 Å². The van der Waals surface area contributed by atoms with Crippen molar-refractivity contribution in [1.29, 1.82) is 0 Å². The number of hydrogen-bond acceptors (Lipinski definition) is 8. The molecule has 11 heteroatoms. The minimum atomic E-state index is -3.59. The van der Waals surface area contributed by atoms with Gasteiger partial charge in [-0.05, 0) is 91.1 Å². The lowest BCUT2D eigenvalue weighted by atomic mass is 9.91. The molecule has 0 saturated carbocycles. The van der Waals surface area contributed by atoms with Gasteiger partial charge >= 0.3 is 5.97 Å². The molecule has 42 heavy (non-hydrogen) atoms. The first kappa shape index (κ1) is 29.4. The van der Waals surface area contributed by atoms with Crippen LogP contribution in [0, 0.1) is 0 Å². The van der Waals surface area contributed by atoms with E-state index >= 15 is 0 Å². The fourth-order valence-electron chi connectivity index (χ4n) is 5.44. The predicted molar refractivity (Wildman–Crippen MR) is 155 cm³/mol. The highest BCUT2D eigenvalue weighted by Gasteiger charge is 2.34. The normalized spacial score (nSPS) is 16.9. The summed E-state index contributed by atoms with van der Waals surface area (Å²) in [4.78, 5) is 27.6. The van der Waals surface area contributed by atoms with Gasteiger partial charge in [0, 0.05) is 25.2 Å². The van der Waals surface area contributed by atoms with E-state index in [0.717, 1.165) is 24.0 Å². The van der Waals surface area contributed by atoms with Gasteiger partial charge in [-0.3, -0.25) is 4.79 Å². The van der Waals surface area contributed by atoms with Crippen LogP contribution in [-0.4, -0.2) is 77.1 Å². The number of ether oxygens (including phenoxy) is 4. The van der Waals surface area contributed by atoms with Crippen molar-refractivity contribution < 1.29 is 37.0 Å². The molecule has 3 aromatic carbocycles. The first-order valence-corrected chi connectivity index (χ1v) is 15.2. The predicted octanol–water partition coefficient (Wildman–Crippen LogP) is 4.09. The number of nitrogens with zero attached hydrogens (tertiary/aromatic N) is 2. The highest BCUT2D eigenvalue weighted by Crippen LogP contribution is 2.39. The number of sulfonamides is 1. The van der Waals surface area contributed by atoms with Crippen molar-refractivity contribution in [1.82, 2.24) is 9.21 Å². The number of hydrogen-bond donors (Lipinski definition) is 0. The van der Waals surface area contributed by atoms with Gasteiger partial charge in [-0.2, -0.15) is 4.31 Å². The summed E-state index contributed by atoms with van der Waals surface area (Å²) in [5.74, 6) is 0.979. The highest BCUT2D eigenvalue weighted by molar-refractivity contribution is 7.89. The summed E-state index contributed by atoms with van der Waals surface area (Å²) in [5, 5.41) is 0. The molecule has 222 valence electrons. The van der Waals surface area contributed by atoms with Crippen LogP contribution in [0.5, 0.6) is 17.2 Å². The third-order valence-electron chi connectivity index (χ3n) is 7.75. The highest BCUT2D eigenvalue weighted by atomic mass is 32.2. The van der Waals surface area contributed by atoms with E-state index < -0.39 is 22.0 Å². The number of carbonyl (C=O) groups excluding carboxylic acids is 2. The molecule has 3 aromatic rings. The Hall–Kier alpha value is -4.09. The monoisotopic (exact) mass is 594 g/mol. The van der Waals surface area contributed by atoms with Crippen molar-refractivity contribution in [2.45, 2.75) is 30.2 Å². The molecule has 1 saturated heterocycles. The van der Waals surface area contributed by atoms with E-state index in [1.54, 1.807) is 55.5 Å². The number of rotatable bonds is 9. The maximum atomic E-state index is 13.9. The minimum absolute atomic E-state index is 0.132. The van der Waals surface area contributed by atoms with Crippen LogP contribution in [0.25, 0.3) is 0 Å². The summed E-state index contributed by atoms with van der Waals surface area (Å²) in [6.45, 7) is 1.58. The molecule has 5 rings (SSSR count). The van der Waals surface area contributed by atoms with Crippen LogP contribution < -0.4 is 14.2 Å². The van der Waals surface area contributed by atoms with E-state index in [2.05, 4.69) is 0 Å². The Kier molecular flexibility index (Phi) is 8.69. The Morgan fingerprint density at radius 3 is 2.07 bits per heavy atom. The van der Waals surface area contributed by atoms with Crippen molar-refractivity contribution in [3.63, 3.8) is 0 Å². The molecule has 10 nitrogen and oxygen atoms in total. The molecule has 1 atom stereocenters. The third kappa shape index (κ3) is 5.79. The van der Waals surface area contributed by atoms with E-state index in [9.17, 15) is 18.0 Å². The average Bonchev–Trinajstić information content (AvgIpc) is 3.59. The van der Waals surface area contributed by atoms with Crippen LogP contribution in [0.3, 0.4) is 0 Å². The van der Waals surface area contributed by atoms with Gasteiger partial charge in [-0.1, -0.05) is 0 Å². The zero-order chi connectivity index (χ0) is 29.9. The second kappa shape index (κ2) is 12.4. The molecule has 2 aliphatic heterocycles. The van der Waals surface area contributed by atoms with Crippen LogP contribution in [0.2, 0.25) is 0 Å². The summed E-state index contributed by atoms with van der Waals surface area (Å²) >= 11 is 0. The van der Waals surface area contributed by atoms with Crippen LogP contribution in [-0.2, 0) is 21.2 Å². The zero-order valence-corrected chi connectivity index (χ0v) is 24.7. The van der Waals surface area contributed by atoms with Gasteiger partial charge in [0.25, 0.3) is 5.91 Å². The smallest absolute Gasteiger partial charge is 0.337 e. The quantitative estimate of drug-likeness (QED) is 0.341. The van der Waals surface area contributed by atoms with Crippen molar-refractivity contribution in [2.75, 3.05) is 47.6 Å². The minimum Gasteiger partial charge on any atom is -0.493 e. The van der Waals surface area contributed by atoms with E-state index in [1.165, 1.54) is 23.5 Å². The van der Waals surface area contributed by atoms with Gasteiger partial charge in [-0.25, -0.2) is 13.2 Å². The summed E-state index contributed by atoms with van der Waals surface area (Å²) < 4.78 is 49.4. The van der Waals surface area contributed by atoms with Gasteiger partial charge in [0.1, 0.15) is 12.4 Å². The Morgan fingerprint density at radius 2 is 1.45 bits per heavy atom. The van der Waals surface area contributed by atoms with Gasteiger partial charge in [0.05, 0.1) is 37.8 Å². The largest absolute Gasteiger partial charge is 0.493 e. The topological polar surface area (TPSA) is 112 Å². The summed E-state index contributed by atoms with van der Waals surface area (Å²) in [7, 11) is 0.871. The van der Waals surface area contributed by atoms with Crippen LogP contribution in [0.15, 0.2) is 65.6 Å². The first-order chi connectivity index (χ1) is 20.3. The molecular weight excluding hydrogens is 560 g/mol. The molecule has 0 bridgehead atoms. The number of amides is 1. The molecule has 1 unspecified atom stereocenters.